The molecule has 0 unspecified atom stereocenters. The highest BCUT2D eigenvalue weighted by atomic mass is 16.6. The van der Waals surface area contributed by atoms with E-state index < -0.39 is 17.4 Å². The quantitative estimate of drug-likeness (QED) is 0.222. The number of Topliss-reactive ketones (excluding diaryl/α,β-unsaturated/α-hetero) is 1. The molecule has 0 spiro atoms. The van der Waals surface area contributed by atoms with Crippen LogP contribution >= 0.6 is 0 Å². The van der Waals surface area contributed by atoms with Gasteiger partial charge in [-0.05, 0) is 30.2 Å². The van der Waals surface area contributed by atoms with Crippen LogP contribution in [-0.2, 0) is 16.0 Å². The molecule has 2 atom stereocenters. The molecule has 4 aromatic carbocycles. The van der Waals surface area contributed by atoms with E-state index >= 15 is 0 Å². The van der Waals surface area contributed by atoms with Crippen LogP contribution in [0, 0.1) is 6.92 Å². The van der Waals surface area contributed by atoms with Crippen molar-refractivity contribution < 1.29 is 14.3 Å². The van der Waals surface area contributed by atoms with Gasteiger partial charge in [-0.3, -0.25) is 4.79 Å². The average molecular weight is 474 g/mol. The molecule has 1 aliphatic heterocycles. The minimum absolute atomic E-state index is 0.0381. The first-order chi connectivity index (χ1) is 17.5. The number of ketones is 1. The van der Waals surface area contributed by atoms with Crippen LogP contribution in [0.25, 0.3) is 0 Å². The predicted octanol–water partition coefficient (Wildman–Crippen LogP) is 6.34. The SMILES string of the molecule is Cc1cccc(C2=N[C@](Cc3ccccc3)([C@H](CC(=O)c3ccccc3)c3ccccc3)C(=O)O2)c1. The van der Waals surface area contributed by atoms with E-state index in [0.29, 0.717) is 17.9 Å². The Morgan fingerprint density at radius 1 is 0.833 bits per heavy atom. The summed E-state index contributed by atoms with van der Waals surface area (Å²) < 4.78 is 5.88. The Kier molecular flexibility index (Phi) is 6.59. The number of carbonyl (C=O) groups excluding carboxylic acids is 2. The molecule has 5 rings (SSSR count). The normalized spacial score (nSPS) is 17.8. The fraction of sp³-hybridized carbons (Fsp3) is 0.156. The van der Waals surface area contributed by atoms with Crippen LogP contribution in [0.4, 0.5) is 0 Å². The third-order valence-electron chi connectivity index (χ3n) is 6.69. The Balaban J connectivity index is 1.66. The first-order valence-corrected chi connectivity index (χ1v) is 12.1. The summed E-state index contributed by atoms with van der Waals surface area (Å²) in [7, 11) is 0. The van der Waals surface area contributed by atoms with Gasteiger partial charge in [0.15, 0.2) is 11.3 Å². The second kappa shape index (κ2) is 10.1. The first-order valence-electron chi connectivity index (χ1n) is 12.1. The molecule has 0 aliphatic carbocycles. The number of benzene rings is 4. The number of hydrogen-bond donors (Lipinski definition) is 0. The molecule has 36 heavy (non-hydrogen) atoms. The molecule has 0 amide bonds. The number of hydrogen-bond acceptors (Lipinski definition) is 4. The van der Waals surface area contributed by atoms with Crippen LogP contribution in [0.1, 0.15) is 45.0 Å². The number of esters is 1. The van der Waals surface area contributed by atoms with Crippen molar-refractivity contribution in [3.05, 3.63) is 143 Å². The van der Waals surface area contributed by atoms with Crippen LogP contribution in [0.3, 0.4) is 0 Å². The zero-order valence-corrected chi connectivity index (χ0v) is 20.1. The van der Waals surface area contributed by atoms with Crippen LogP contribution < -0.4 is 0 Å². The Morgan fingerprint density at radius 2 is 1.47 bits per heavy atom. The molecule has 0 N–H and O–H groups in total. The van der Waals surface area contributed by atoms with Crippen molar-refractivity contribution in [2.45, 2.75) is 31.2 Å². The lowest BCUT2D eigenvalue weighted by molar-refractivity contribution is -0.139. The first kappa shape index (κ1) is 23.4. The molecule has 0 radical (unpaired) electrons. The molecule has 0 saturated heterocycles. The lowest BCUT2D eigenvalue weighted by Crippen LogP contribution is -2.43. The van der Waals surface area contributed by atoms with Gasteiger partial charge < -0.3 is 4.74 Å². The van der Waals surface area contributed by atoms with Gasteiger partial charge in [0.05, 0.1) is 0 Å². The summed E-state index contributed by atoms with van der Waals surface area (Å²) >= 11 is 0. The smallest absolute Gasteiger partial charge is 0.341 e. The summed E-state index contributed by atoms with van der Waals surface area (Å²) in [5.74, 6) is -0.685. The summed E-state index contributed by atoms with van der Waals surface area (Å²) in [5.41, 5.74) is 2.96. The van der Waals surface area contributed by atoms with Gasteiger partial charge in [-0.15, -0.1) is 0 Å². The molecule has 4 aromatic rings. The summed E-state index contributed by atoms with van der Waals surface area (Å²) in [4.78, 5) is 32.4. The summed E-state index contributed by atoms with van der Waals surface area (Å²) in [5, 5.41) is 0. The van der Waals surface area contributed by atoms with Crippen molar-refractivity contribution in [1.29, 1.82) is 0 Å². The number of cyclic esters (lactones) is 1. The molecule has 4 nitrogen and oxygen atoms in total. The zero-order chi connectivity index (χ0) is 25.0. The van der Waals surface area contributed by atoms with Gasteiger partial charge >= 0.3 is 5.97 Å². The van der Waals surface area contributed by atoms with Crippen LogP contribution in [-0.4, -0.2) is 23.2 Å². The Bertz CT molecular complexity index is 1400. The van der Waals surface area contributed by atoms with Crippen molar-refractivity contribution in [1.82, 2.24) is 0 Å². The van der Waals surface area contributed by atoms with E-state index in [1.165, 1.54) is 0 Å². The predicted molar refractivity (Wildman–Crippen MR) is 141 cm³/mol. The molecular formula is C32H27NO3. The molecule has 178 valence electrons. The van der Waals surface area contributed by atoms with Crippen molar-refractivity contribution in [2.24, 2.45) is 4.99 Å². The minimum Gasteiger partial charge on any atom is -0.405 e. The average Bonchev–Trinajstić information content (AvgIpc) is 3.25. The fourth-order valence-electron chi connectivity index (χ4n) is 4.86. The third-order valence-corrected chi connectivity index (χ3v) is 6.69. The van der Waals surface area contributed by atoms with Crippen LogP contribution in [0.2, 0.25) is 0 Å². The largest absolute Gasteiger partial charge is 0.405 e. The van der Waals surface area contributed by atoms with Gasteiger partial charge in [0.1, 0.15) is 0 Å². The molecular weight excluding hydrogens is 446 g/mol. The second-order valence-corrected chi connectivity index (χ2v) is 9.22. The van der Waals surface area contributed by atoms with Gasteiger partial charge in [0.25, 0.3) is 0 Å². The van der Waals surface area contributed by atoms with Gasteiger partial charge in [0.2, 0.25) is 5.90 Å². The van der Waals surface area contributed by atoms with E-state index in [0.717, 1.165) is 22.3 Å². The van der Waals surface area contributed by atoms with E-state index in [4.69, 9.17) is 9.73 Å². The Morgan fingerprint density at radius 3 is 2.14 bits per heavy atom. The molecule has 0 bridgehead atoms. The van der Waals surface area contributed by atoms with Gasteiger partial charge in [0, 0.05) is 29.9 Å². The molecule has 1 heterocycles. The van der Waals surface area contributed by atoms with Crippen molar-refractivity contribution >= 4 is 17.7 Å². The van der Waals surface area contributed by atoms with Crippen molar-refractivity contribution in [3.63, 3.8) is 0 Å². The number of ether oxygens (including phenoxy) is 1. The standard InChI is InChI=1S/C32H27NO3/c1-23-12-11-19-27(20-23)30-33-32(31(35)36-30,22-24-13-5-2-6-14-24)28(25-15-7-3-8-16-25)21-29(34)26-17-9-4-10-18-26/h2-20,28H,21-22H2,1H3/t28-,32-/m1/s1. The molecule has 0 aromatic heterocycles. The Labute approximate surface area is 211 Å². The number of rotatable bonds is 8. The maximum absolute atomic E-state index is 13.9. The van der Waals surface area contributed by atoms with Gasteiger partial charge in [-0.2, -0.15) is 0 Å². The zero-order valence-electron chi connectivity index (χ0n) is 20.1. The Hall–Kier alpha value is -4.31. The molecule has 0 saturated carbocycles. The summed E-state index contributed by atoms with van der Waals surface area (Å²) in [6.45, 7) is 1.99. The van der Waals surface area contributed by atoms with E-state index in [2.05, 4.69) is 0 Å². The topological polar surface area (TPSA) is 55.7 Å². The second-order valence-electron chi connectivity index (χ2n) is 9.22. The van der Waals surface area contributed by atoms with E-state index in [-0.39, 0.29) is 12.2 Å². The highest BCUT2D eigenvalue weighted by Crippen LogP contribution is 2.42. The van der Waals surface area contributed by atoms with Crippen LogP contribution in [0.5, 0.6) is 0 Å². The maximum Gasteiger partial charge on any atom is 0.341 e. The highest BCUT2D eigenvalue weighted by Gasteiger charge is 2.53. The lowest BCUT2D eigenvalue weighted by atomic mass is 9.73. The number of aryl methyl sites for hydroxylation is 1. The van der Waals surface area contributed by atoms with E-state index in [9.17, 15) is 9.59 Å². The molecule has 0 fully saturated rings. The van der Waals surface area contributed by atoms with Crippen LogP contribution in [0.15, 0.2) is 120 Å². The fourth-order valence-corrected chi connectivity index (χ4v) is 4.86. The van der Waals surface area contributed by atoms with E-state index in [1.54, 1.807) is 0 Å². The summed E-state index contributed by atoms with van der Waals surface area (Å²) in [6, 6.07) is 36.5. The highest BCUT2D eigenvalue weighted by molar-refractivity contribution is 6.09. The molecule has 1 aliphatic rings. The van der Waals surface area contributed by atoms with Crippen molar-refractivity contribution in [3.8, 4) is 0 Å². The van der Waals surface area contributed by atoms with Crippen molar-refractivity contribution in [2.75, 3.05) is 0 Å². The maximum atomic E-state index is 13.9. The van der Waals surface area contributed by atoms with E-state index in [1.807, 2.05) is 122 Å². The van der Waals surface area contributed by atoms with Gasteiger partial charge in [-0.1, -0.05) is 109 Å². The number of carbonyl (C=O) groups is 2. The lowest BCUT2D eigenvalue weighted by Gasteiger charge is -2.32. The van der Waals surface area contributed by atoms with Gasteiger partial charge in [-0.25, -0.2) is 9.79 Å². The number of aliphatic imine (C=N–C) groups is 1. The molecule has 4 heteroatoms. The monoisotopic (exact) mass is 473 g/mol. The number of nitrogens with zero attached hydrogens (tertiary/aromatic N) is 1. The third kappa shape index (κ3) is 4.76. The summed E-state index contributed by atoms with van der Waals surface area (Å²) in [6.07, 6.45) is 0.449. The minimum atomic E-state index is -1.29.